The van der Waals surface area contributed by atoms with Gasteiger partial charge >= 0.3 is 0 Å². The minimum atomic E-state index is -0.118. The van der Waals surface area contributed by atoms with Crippen LogP contribution in [0, 0.1) is 17.2 Å². The Bertz CT molecular complexity index is 684. The highest BCUT2D eigenvalue weighted by molar-refractivity contribution is 5.94. The summed E-state index contributed by atoms with van der Waals surface area (Å²) >= 11 is 0. The summed E-state index contributed by atoms with van der Waals surface area (Å²) in [6, 6.07) is 19.0. The lowest BCUT2D eigenvalue weighted by Crippen LogP contribution is -2.29. The van der Waals surface area contributed by atoms with Gasteiger partial charge in [-0.2, -0.15) is 5.26 Å². The Morgan fingerprint density at radius 3 is 2.57 bits per heavy atom. The van der Waals surface area contributed by atoms with E-state index in [1.807, 2.05) is 18.2 Å². The van der Waals surface area contributed by atoms with E-state index in [0.717, 1.165) is 18.4 Å². The van der Waals surface area contributed by atoms with Crippen molar-refractivity contribution in [1.29, 1.82) is 5.26 Å². The normalized spacial score (nSPS) is 15.0. The number of nitrogens with zero attached hydrogens (tertiary/aromatic N) is 1. The molecule has 0 bridgehead atoms. The molecule has 3 heteroatoms. The summed E-state index contributed by atoms with van der Waals surface area (Å²) in [6.45, 7) is 0. The highest BCUT2D eigenvalue weighted by atomic mass is 16.1. The second-order valence-corrected chi connectivity index (χ2v) is 5.39. The number of hydrogen-bond donors (Lipinski definition) is 1. The molecule has 1 aliphatic carbocycles. The lowest BCUT2D eigenvalue weighted by atomic mass is 10.0. The summed E-state index contributed by atoms with van der Waals surface area (Å²) in [5.74, 6) is 0.406. The van der Waals surface area contributed by atoms with Crippen molar-refractivity contribution < 1.29 is 4.79 Å². The van der Waals surface area contributed by atoms with Crippen molar-refractivity contribution in [3.05, 3.63) is 71.3 Å². The highest BCUT2D eigenvalue weighted by Crippen LogP contribution is 2.41. The van der Waals surface area contributed by atoms with Crippen LogP contribution in [0.3, 0.4) is 0 Å². The van der Waals surface area contributed by atoms with Crippen LogP contribution in [0.2, 0.25) is 0 Å². The maximum absolute atomic E-state index is 12.4. The van der Waals surface area contributed by atoms with Crippen LogP contribution in [0.25, 0.3) is 0 Å². The molecule has 21 heavy (non-hydrogen) atoms. The summed E-state index contributed by atoms with van der Waals surface area (Å²) in [4.78, 5) is 12.4. The summed E-state index contributed by atoms with van der Waals surface area (Å²) < 4.78 is 0. The standard InChI is InChI=1S/C18H16N2O/c19-12-13-5-4-8-16(11-13)18(21)20-17(15-9-10-15)14-6-2-1-3-7-14/h1-8,11,15,17H,9-10H2,(H,20,21). The monoisotopic (exact) mass is 276 g/mol. The number of nitriles is 1. The van der Waals surface area contributed by atoms with Crippen molar-refractivity contribution in [2.45, 2.75) is 18.9 Å². The van der Waals surface area contributed by atoms with Crippen LogP contribution in [0.5, 0.6) is 0 Å². The lowest BCUT2D eigenvalue weighted by molar-refractivity contribution is 0.0931. The predicted octanol–water partition coefficient (Wildman–Crippen LogP) is 3.44. The molecule has 0 aromatic heterocycles. The number of hydrogen-bond acceptors (Lipinski definition) is 2. The largest absolute Gasteiger partial charge is 0.345 e. The van der Waals surface area contributed by atoms with Crippen molar-refractivity contribution in [3.63, 3.8) is 0 Å². The minimum Gasteiger partial charge on any atom is -0.345 e. The first-order valence-electron chi connectivity index (χ1n) is 7.14. The number of carbonyl (C=O) groups excluding carboxylic acids is 1. The van der Waals surface area contributed by atoms with Gasteiger partial charge in [0.1, 0.15) is 0 Å². The van der Waals surface area contributed by atoms with Crippen molar-refractivity contribution in [2.75, 3.05) is 0 Å². The Labute approximate surface area is 124 Å². The Balaban J connectivity index is 1.80. The molecule has 1 aliphatic rings. The van der Waals surface area contributed by atoms with Crippen LogP contribution in [0.4, 0.5) is 0 Å². The zero-order chi connectivity index (χ0) is 14.7. The lowest BCUT2D eigenvalue weighted by Gasteiger charge is -2.19. The zero-order valence-corrected chi connectivity index (χ0v) is 11.6. The summed E-state index contributed by atoms with van der Waals surface area (Å²) in [6.07, 6.45) is 2.30. The first-order valence-corrected chi connectivity index (χ1v) is 7.14. The molecule has 104 valence electrons. The van der Waals surface area contributed by atoms with Crippen LogP contribution < -0.4 is 5.32 Å². The van der Waals surface area contributed by atoms with Gasteiger partial charge < -0.3 is 5.32 Å². The molecule has 0 spiro atoms. The molecule has 1 fully saturated rings. The molecular formula is C18H16N2O. The van der Waals surface area contributed by atoms with E-state index in [4.69, 9.17) is 5.26 Å². The minimum absolute atomic E-state index is 0.0597. The molecule has 1 amide bonds. The smallest absolute Gasteiger partial charge is 0.251 e. The van der Waals surface area contributed by atoms with Crippen molar-refractivity contribution >= 4 is 5.91 Å². The second kappa shape index (κ2) is 5.80. The molecule has 0 radical (unpaired) electrons. The first kappa shape index (κ1) is 13.4. The third kappa shape index (κ3) is 3.11. The molecule has 1 N–H and O–H groups in total. The average molecular weight is 276 g/mol. The summed E-state index contributed by atoms with van der Waals surface area (Å²) in [5, 5.41) is 12.0. The summed E-state index contributed by atoms with van der Waals surface area (Å²) in [7, 11) is 0. The molecule has 2 aromatic rings. The van der Waals surface area contributed by atoms with E-state index >= 15 is 0 Å². The first-order chi connectivity index (χ1) is 10.3. The number of benzene rings is 2. The van der Waals surface area contributed by atoms with Gasteiger partial charge in [-0.1, -0.05) is 36.4 Å². The Kier molecular flexibility index (Phi) is 3.70. The topological polar surface area (TPSA) is 52.9 Å². The highest BCUT2D eigenvalue weighted by Gasteiger charge is 2.33. The number of amides is 1. The van der Waals surface area contributed by atoms with E-state index in [1.54, 1.807) is 24.3 Å². The maximum Gasteiger partial charge on any atom is 0.251 e. The van der Waals surface area contributed by atoms with Gasteiger partial charge in [0.15, 0.2) is 0 Å². The fraction of sp³-hybridized carbons (Fsp3) is 0.222. The Morgan fingerprint density at radius 2 is 1.90 bits per heavy atom. The van der Waals surface area contributed by atoms with Crippen LogP contribution in [0.15, 0.2) is 54.6 Å². The van der Waals surface area contributed by atoms with E-state index in [1.165, 1.54) is 0 Å². The number of nitrogens with one attached hydrogen (secondary N) is 1. The number of carbonyl (C=O) groups is 1. The van der Waals surface area contributed by atoms with Crippen LogP contribution in [-0.4, -0.2) is 5.91 Å². The van der Waals surface area contributed by atoms with Gasteiger partial charge in [-0.05, 0) is 42.5 Å². The van der Waals surface area contributed by atoms with Crippen molar-refractivity contribution in [1.82, 2.24) is 5.32 Å². The molecule has 2 aromatic carbocycles. The predicted molar refractivity (Wildman–Crippen MR) is 80.5 cm³/mol. The van der Waals surface area contributed by atoms with Gasteiger partial charge in [0.2, 0.25) is 0 Å². The third-order valence-corrected chi connectivity index (χ3v) is 3.79. The van der Waals surface area contributed by atoms with Gasteiger partial charge in [0.25, 0.3) is 5.91 Å². The van der Waals surface area contributed by atoms with E-state index in [2.05, 4.69) is 23.5 Å². The molecular weight excluding hydrogens is 260 g/mol. The van der Waals surface area contributed by atoms with E-state index in [0.29, 0.717) is 17.0 Å². The molecule has 0 heterocycles. The zero-order valence-electron chi connectivity index (χ0n) is 11.6. The van der Waals surface area contributed by atoms with Crippen LogP contribution in [0.1, 0.15) is 40.4 Å². The maximum atomic E-state index is 12.4. The van der Waals surface area contributed by atoms with Gasteiger partial charge in [-0.3, -0.25) is 4.79 Å². The van der Waals surface area contributed by atoms with Gasteiger partial charge in [0, 0.05) is 5.56 Å². The fourth-order valence-corrected chi connectivity index (χ4v) is 2.52. The summed E-state index contributed by atoms with van der Waals surface area (Å²) in [5.41, 5.74) is 2.19. The number of rotatable bonds is 4. The Morgan fingerprint density at radius 1 is 1.14 bits per heavy atom. The van der Waals surface area contributed by atoms with Gasteiger partial charge in [0.05, 0.1) is 17.7 Å². The molecule has 0 saturated heterocycles. The van der Waals surface area contributed by atoms with E-state index < -0.39 is 0 Å². The molecule has 0 aliphatic heterocycles. The van der Waals surface area contributed by atoms with Gasteiger partial charge in [-0.15, -0.1) is 0 Å². The van der Waals surface area contributed by atoms with E-state index in [-0.39, 0.29) is 11.9 Å². The molecule has 3 rings (SSSR count). The fourth-order valence-electron chi connectivity index (χ4n) is 2.52. The van der Waals surface area contributed by atoms with Crippen LogP contribution >= 0.6 is 0 Å². The molecule has 3 nitrogen and oxygen atoms in total. The third-order valence-electron chi connectivity index (χ3n) is 3.79. The SMILES string of the molecule is N#Cc1cccc(C(=O)NC(c2ccccc2)C2CC2)c1. The molecule has 1 saturated carbocycles. The molecule has 1 unspecified atom stereocenters. The van der Waals surface area contributed by atoms with Gasteiger partial charge in [-0.25, -0.2) is 0 Å². The van der Waals surface area contributed by atoms with Crippen molar-refractivity contribution in [2.24, 2.45) is 5.92 Å². The van der Waals surface area contributed by atoms with E-state index in [9.17, 15) is 4.79 Å². The average Bonchev–Trinajstić information content (AvgIpc) is 3.38. The van der Waals surface area contributed by atoms with Crippen LogP contribution in [-0.2, 0) is 0 Å². The Hall–Kier alpha value is -2.60. The quantitative estimate of drug-likeness (QED) is 0.930. The second-order valence-electron chi connectivity index (χ2n) is 5.39. The molecule has 1 atom stereocenters. The van der Waals surface area contributed by atoms with Crippen molar-refractivity contribution in [3.8, 4) is 6.07 Å².